The summed E-state index contributed by atoms with van der Waals surface area (Å²) in [6, 6.07) is 13.9. The van der Waals surface area contributed by atoms with E-state index in [2.05, 4.69) is 10.2 Å². The monoisotopic (exact) mass is 304 g/mol. The molecule has 0 amide bonds. The average molecular weight is 304 g/mol. The van der Waals surface area contributed by atoms with Crippen LogP contribution in [0.3, 0.4) is 0 Å². The average Bonchev–Trinajstić information content (AvgIpc) is 3.09. The molecule has 3 aromatic heterocycles. The van der Waals surface area contributed by atoms with E-state index in [4.69, 9.17) is 10.8 Å². The lowest BCUT2D eigenvalue weighted by Crippen LogP contribution is -2.01. The number of pyridine rings is 1. The van der Waals surface area contributed by atoms with Crippen molar-refractivity contribution in [3.8, 4) is 16.9 Å². The van der Waals surface area contributed by atoms with Crippen molar-refractivity contribution in [1.82, 2.24) is 24.4 Å². The second kappa shape index (κ2) is 4.95. The predicted molar refractivity (Wildman–Crippen MR) is 89.4 cm³/mol. The maximum absolute atomic E-state index is 6.26. The second-order valence-electron chi connectivity index (χ2n) is 5.50. The summed E-state index contributed by atoms with van der Waals surface area (Å²) in [4.78, 5) is 0. The van der Waals surface area contributed by atoms with Gasteiger partial charge in [0.25, 0.3) is 0 Å². The summed E-state index contributed by atoms with van der Waals surface area (Å²) in [5.41, 5.74) is 10.8. The minimum Gasteiger partial charge on any atom is -0.383 e. The fourth-order valence-corrected chi connectivity index (χ4v) is 2.71. The summed E-state index contributed by atoms with van der Waals surface area (Å²) in [5.74, 6) is 1.50. The highest BCUT2D eigenvalue weighted by molar-refractivity contribution is 5.71. The first-order chi connectivity index (χ1) is 11.1. The lowest BCUT2D eigenvalue weighted by Gasteiger charge is -2.02. The van der Waals surface area contributed by atoms with E-state index in [0.717, 1.165) is 34.0 Å². The first-order valence-corrected chi connectivity index (χ1v) is 7.37. The van der Waals surface area contributed by atoms with Gasteiger partial charge in [-0.3, -0.25) is 4.40 Å². The highest BCUT2D eigenvalue weighted by atomic mass is 15.3. The van der Waals surface area contributed by atoms with Gasteiger partial charge in [0, 0.05) is 17.3 Å². The molecule has 0 fully saturated rings. The van der Waals surface area contributed by atoms with Gasteiger partial charge in [-0.05, 0) is 38.1 Å². The van der Waals surface area contributed by atoms with E-state index in [1.807, 2.05) is 66.9 Å². The van der Waals surface area contributed by atoms with Crippen LogP contribution in [0.5, 0.6) is 0 Å². The van der Waals surface area contributed by atoms with Gasteiger partial charge in [-0.1, -0.05) is 18.2 Å². The number of hydrogen-bond donors (Lipinski definition) is 1. The van der Waals surface area contributed by atoms with Gasteiger partial charge in [-0.25, -0.2) is 4.68 Å². The van der Waals surface area contributed by atoms with Gasteiger partial charge in [0.1, 0.15) is 11.6 Å². The molecule has 4 aromatic rings. The van der Waals surface area contributed by atoms with Crippen LogP contribution in [0.1, 0.15) is 11.4 Å². The summed E-state index contributed by atoms with van der Waals surface area (Å²) < 4.78 is 3.71. The molecule has 0 aliphatic rings. The Morgan fingerprint density at radius 3 is 2.57 bits per heavy atom. The highest BCUT2D eigenvalue weighted by Crippen LogP contribution is 2.28. The third-order valence-corrected chi connectivity index (χ3v) is 4.02. The molecule has 1 aromatic carbocycles. The van der Waals surface area contributed by atoms with Gasteiger partial charge in [-0.15, -0.1) is 10.2 Å². The summed E-state index contributed by atoms with van der Waals surface area (Å²) in [6.07, 6.45) is 1.96. The van der Waals surface area contributed by atoms with Crippen molar-refractivity contribution < 1.29 is 0 Å². The molecule has 0 spiro atoms. The van der Waals surface area contributed by atoms with E-state index in [1.54, 1.807) is 4.68 Å². The van der Waals surface area contributed by atoms with Gasteiger partial charge in [-0.2, -0.15) is 5.10 Å². The van der Waals surface area contributed by atoms with E-state index >= 15 is 0 Å². The number of nitrogens with zero attached hydrogens (tertiary/aromatic N) is 5. The van der Waals surface area contributed by atoms with Crippen molar-refractivity contribution in [2.45, 2.75) is 13.8 Å². The molecule has 6 heteroatoms. The molecule has 0 saturated carbocycles. The van der Waals surface area contributed by atoms with E-state index in [9.17, 15) is 0 Å². The Bertz CT molecular complexity index is 997. The molecular formula is C17H16N6. The molecule has 0 radical (unpaired) electrons. The van der Waals surface area contributed by atoms with Crippen LogP contribution in [0, 0.1) is 13.8 Å². The molecule has 6 nitrogen and oxygen atoms in total. The van der Waals surface area contributed by atoms with Gasteiger partial charge in [0.05, 0.1) is 11.4 Å². The van der Waals surface area contributed by atoms with Crippen LogP contribution < -0.4 is 5.73 Å². The van der Waals surface area contributed by atoms with Crippen molar-refractivity contribution in [2.75, 3.05) is 5.73 Å². The number of benzene rings is 1. The Labute approximate surface area is 133 Å². The molecular weight excluding hydrogens is 288 g/mol. The quantitative estimate of drug-likeness (QED) is 0.618. The molecule has 0 aliphatic carbocycles. The lowest BCUT2D eigenvalue weighted by molar-refractivity contribution is 0.895. The molecule has 0 bridgehead atoms. The number of anilines is 1. The Kier molecular flexibility index (Phi) is 2.90. The largest absolute Gasteiger partial charge is 0.383 e. The SMILES string of the molecule is Cc1c(-c2ccn3c(C)nnc3c2)nn(-c2ccccc2)c1N. The van der Waals surface area contributed by atoms with Crippen molar-refractivity contribution in [3.63, 3.8) is 0 Å². The summed E-state index contributed by atoms with van der Waals surface area (Å²) in [7, 11) is 0. The van der Waals surface area contributed by atoms with Crippen LogP contribution in [0.4, 0.5) is 5.82 Å². The number of fused-ring (bicyclic) bond motifs is 1. The van der Waals surface area contributed by atoms with Crippen LogP contribution in [0.15, 0.2) is 48.7 Å². The summed E-state index contributed by atoms with van der Waals surface area (Å²) in [6.45, 7) is 3.91. The Hall–Kier alpha value is -3.15. The minimum atomic E-state index is 0.642. The number of rotatable bonds is 2. The standard InChI is InChI=1S/C17H16N6/c1-11-16(13-8-9-22-12(2)19-20-15(22)10-13)21-23(17(11)18)14-6-4-3-5-7-14/h3-10H,18H2,1-2H3. The first-order valence-electron chi connectivity index (χ1n) is 7.37. The van der Waals surface area contributed by atoms with E-state index < -0.39 is 0 Å². The highest BCUT2D eigenvalue weighted by Gasteiger charge is 2.15. The first kappa shape index (κ1) is 13.5. The lowest BCUT2D eigenvalue weighted by atomic mass is 10.1. The van der Waals surface area contributed by atoms with E-state index in [1.165, 1.54) is 0 Å². The molecule has 0 unspecified atom stereocenters. The maximum Gasteiger partial charge on any atom is 0.161 e. The van der Waals surface area contributed by atoms with Crippen LogP contribution in [-0.2, 0) is 0 Å². The number of para-hydroxylation sites is 1. The third-order valence-electron chi connectivity index (χ3n) is 4.02. The van der Waals surface area contributed by atoms with Crippen LogP contribution in [0.25, 0.3) is 22.6 Å². The number of aryl methyl sites for hydroxylation is 1. The zero-order valence-corrected chi connectivity index (χ0v) is 12.9. The van der Waals surface area contributed by atoms with E-state index in [0.29, 0.717) is 5.82 Å². The van der Waals surface area contributed by atoms with Crippen molar-refractivity contribution in [2.24, 2.45) is 0 Å². The van der Waals surface area contributed by atoms with Crippen LogP contribution in [0.2, 0.25) is 0 Å². The van der Waals surface area contributed by atoms with Gasteiger partial charge >= 0.3 is 0 Å². The van der Waals surface area contributed by atoms with Gasteiger partial charge < -0.3 is 5.73 Å². The molecule has 3 heterocycles. The van der Waals surface area contributed by atoms with E-state index in [-0.39, 0.29) is 0 Å². The smallest absolute Gasteiger partial charge is 0.161 e. The maximum atomic E-state index is 6.26. The number of aromatic nitrogens is 5. The normalized spacial score (nSPS) is 11.2. The zero-order chi connectivity index (χ0) is 16.0. The Morgan fingerprint density at radius 2 is 1.78 bits per heavy atom. The van der Waals surface area contributed by atoms with Gasteiger partial charge in [0.2, 0.25) is 0 Å². The van der Waals surface area contributed by atoms with Crippen LogP contribution in [-0.4, -0.2) is 24.4 Å². The molecule has 0 aliphatic heterocycles. The molecule has 23 heavy (non-hydrogen) atoms. The fourth-order valence-electron chi connectivity index (χ4n) is 2.71. The molecule has 2 N–H and O–H groups in total. The molecule has 114 valence electrons. The Morgan fingerprint density at radius 1 is 1.00 bits per heavy atom. The van der Waals surface area contributed by atoms with Crippen LogP contribution >= 0.6 is 0 Å². The van der Waals surface area contributed by atoms with Crippen molar-refractivity contribution in [1.29, 1.82) is 0 Å². The third kappa shape index (κ3) is 2.07. The molecule has 4 rings (SSSR count). The topological polar surface area (TPSA) is 74.0 Å². The van der Waals surface area contributed by atoms with Gasteiger partial charge in [0.15, 0.2) is 5.65 Å². The predicted octanol–water partition coefficient (Wildman–Crippen LogP) is 2.78. The fraction of sp³-hybridized carbons (Fsp3) is 0.118. The van der Waals surface area contributed by atoms with Crippen molar-refractivity contribution >= 4 is 11.5 Å². The number of nitrogens with two attached hydrogens (primary N) is 1. The number of nitrogen functional groups attached to an aromatic ring is 1. The molecule has 0 atom stereocenters. The minimum absolute atomic E-state index is 0.642. The Balaban J connectivity index is 1.88. The second-order valence-corrected chi connectivity index (χ2v) is 5.50. The summed E-state index contributed by atoms with van der Waals surface area (Å²) in [5, 5.41) is 13.0. The zero-order valence-electron chi connectivity index (χ0n) is 12.9. The van der Waals surface area contributed by atoms with Crippen molar-refractivity contribution in [3.05, 3.63) is 60.0 Å². The number of hydrogen-bond acceptors (Lipinski definition) is 4. The summed E-state index contributed by atoms with van der Waals surface area (Å²) >= 11 is 0. The molecule has 0 saturated heterocycles.